The summed E-state index contributed by atoms with van der Waals surface area (Å²) in [6, 6.07) is 3.51. The van der Waals surface area contributed by atoms with Crippen LogP contribution in [0.3, 0.4) is 0 Å². The minimum absolute atomic E-state index is 0.144. The number of furan rings is 2. The van der Waals surface area contributed by atoms with E-state index in [4.69, 9.17) is 20.4 Å². The molecule has 0 aromatic carbocycles. The summed E-state index contributed by atoms with van der Waals surface area (Å²) in [5.74, 6) is 2.70. The first-order valence-corrected chi connectivity index (χ1v) is 12.7. The maximum absolute atomic E-state index is 11.3. The first-order chi connectivity index (χ1) is 13.3. The predicted molar refractivity (Wildman–Crippen MR) is 116 cm³/mol. The van der Waals surface area contributed by atoms with Gasteiger partial charge < -0.3 is 13.8 Å². The molecule has 0 fully saturated rings. The van der Waals surface area contributed by atoms with E-state index < -0.39 is 5.20 Å². The highest BCUT2D eigenvalue weighted by Gasteiger charge is 2.07. The third kappa shape index (κ3) is 7.32. The average Bonchev–Trinajstić information content (AvgIpc) is 3.08. The molecule has 4 rings (SSSR count). The molecule has 0 bridgehead atoms. The molecule has 13 heteroatoms. The van der Waals surface area contributed by atoms with E-state index in [1.54, 1.807) is 26.8 Å². The number of hydrogen-bond acceptors (Lipinski definition) is 7. The molecule has 0 saturated heterocycles. The molecule has 0 atom stereocenters. The predicted octanol–water partition coefficient (Wildman–Crippen LogP) is 6.44. The van der Waals surface area contributed by atoms with E-state index in [1.165, 1.54) is 0 Å². The molecule has 4 heterocycles. The standard InChI is InChI=1S/C8H7ClN2O.C8H8N2O2.Cl3OP/c1-4-3-6-7(9)10-5(2)11-8(6)12-4;1-4-3-6-7(11)9-5(2)10-8(6)12-4;1-5(2,3)4/h3H,1-2H3;3H,1-2H3,(H,9,10,11);. The van der Waals surface area contributed by atoms with E-state index in [1.807, 2.05) is 13.0 Å². The number of aromatic nitrogens is 4. The topological polar surface area (TPSA) is 115 Å². The Balaban J connectivity index is 0.000000170. The van der Waals surface area contributed by atoms with Crippen molar-refractivity contribution in [1.82, 2.24) is 19.9 Å². The Hall–Kier alpha value is -1.57. The van der Waals surface area contributed by atoms with Crippen LogP contribution in [0.4, 0.5) is 0 Å². The van der Waals surface area contributed by atoms with Crippen LogP contribution in [0.5, 0.6) is 0 Å². The second kappa shape index (κ2) is 9.49. The number of hydrogen-bond donors (Lipinski definition) is 1. The summed E-state index contributed by atoms with van der Waals surface area (Å²) in [5.41, 5.74) is 0.827. The Morgan fingerprint density at radius 2 is 1.38 bits per heavy atom. The van der Waals surface area contributed by atoms with Gasteiger partial charge in [-0.1, -0.05) is 11.6 Å². The molecule has 0 saturated carbocycles. The molecular weight excluding hydrogens is 485 g/mol. The first kappa shape index (κ1) is 23.7. The Kier molecular flexibility index (Phi) is 7.76. The van der Waals surface area contributed by atoms with Crippen molar-refractivity contribution in [1.29, 1.82) is 0 Å². The molecule has 4 aromatic rings. The van der Waals surface area contributed by atoms with Gasteiger partial charge >= 0.3 is 5.20 Å². The van der Waals surface area contributed by atoms with Gasteiger partial charge in [0.2, 0.25) is 11.4 Å². The quantitative estimate of drug-likeness (QED) is 0.218. The van der Waals surface area contributed by atoms with Gasteiger partial charge in [-0.15, -0.1) is 0 Å². The second-order valence-corrected chi connectivity index (χ2v) is 12.8. The lowest BCUT2D eigenvalue weighted by Crippen LogP contribution is -2.07. The lowest BCUT2D eigenvalue weighted by molar-refractivity contribution is 0.565. The normalized spacial score (nSPS) is 11.0. The summed E-state index contributed by atoms with van der Waals surface area (Å²) in [6.45, 7) is 7.14. The molecule has 0 amide bonds. The molecule has 8 nitrogen and oxygen atoms in total. The highest BCUT2D eigenvalue weighted by atomic mass is 36.0. The van der Waals surface area contributed by atoms with E-state index in [9.17, 15) is 9.36 Å². The molecule has 4 aromatic heterocycles. The van der Waals surface area contributed by atoms with E-state index in [0.29, 0.717) is 39.4 Å². The van der Waals surface area contributed by atoms with Gasteiger partial charge in [-0.2, -0.15) is 9.97 Å². The summed E-state index contributed by atoms with van der Waals surface area (Å²) in [7, 11) is 0. The van der Waals surface area contributed by atoms with Crippen molar-refractivity contribution in [2.75, 3.05) is 0 Å². The first-order valence-electron chi connectivity index (χ1n) is 7.90. The number of nitrogens with one attached hydrogen (secondary N) is 1. The SMILES string of the molecule is Cc1nc(Cl)c2cc(C)oc2n1.Cc1nc2oc(C)cc2c(=O)[nH]1.O=P(Cl)(Cl)Cl. The zero-order chi connectivity index (χ0) is 21.9. The average molecular weight is 500 g/mol. The van der Waals surface area contributed by atoms with Crippen LogP contribution in [-0.2, 0) is 4.57 Å². The highest BCUT2D eigenvalue weighted by Crippen LogP contribution is 2.61. The van der Waals surface area contributed by atoms with Gasteiger partial charge in [0.25, 0.3) is 5.56 Å². The number of rotatable bonds is 0. The van der Waals surface area contributed by atoms with Crippen molar-refractivity contribution in [2.24, 2.45) is 0 Å². The van der Waals surface area contributed by atoms with Crippen molar-refractivity contribution in [3.8, 4) is 0 Å². The summed E-state index contributed by atoms with van der Waals surface area (Å²) >= 11 is 19.7. The number of H-pyrrole nitrogens is 1. The molecule has 29 heavy (non-hydrogen) atoms. The molecular formula is C16H15Cl4N4O4P. The van der Waals surface area contributed by atoms with Crippen LogP contribution in [0, 0.1) is 27.7 Å². The van der Waals surface area contributed by atoms with Crippen LogP contribution in [-0.4, -0.2) is 19.9 Å². The smallest absolute Gasteiger partial charge is 0.339 e. The van der Waals surface area contributed by atoms with Crippen molar-refractivity contribution in [3.63, 3.8) is 0 Å². The lowest BCUT2D eigenvalue weighted by Gasteiger charge is -1.92. The van der Waals surface area contributed by atoms with Crippen LogP contribution in [0.2, 0.25) is 5.15 Å². The van der Waals surface area contributed by atoms with Gasteiger partial charge in [-0.05, 0) is 73.6 Å². The van der Waals surface area contributed by atoms with Crippen LogP contribution in [0.25, 0.3) is 22.2 Å². The van der Waals surface area contributed by atoms with E-state index >= 15 is 0 Å². The lowest BCUT2D eigenvalue weighted by atomic mass is 10.4. The minimum Gasteiger partial charge on any atom is -0.443 e. The number of nitrogens with zero attached hydrogens (tertiary/aromatic N) is 3. The molecule has 0 aliphatic heterocycles. The number of fused-ring (bicyclic) bond motifs is 2. The Bertz CT molecular complexity index is 1250. The fourth-order valence-corrected chi connectivity index (χ4v) is 2.52. The monoisotopic (exact) mass is 498 g/mol. The van der Waals surface area contributed by atoms with E-state index in [0.717, 1.165) is 11.1 Å². The number of aryl methyl sites for hydroxylation is 4. The fraction of sp³-hybridized carbons (Fsp3) is 0.250. The Labute approximate surface area is 184 Å². The van der Waals surface area contributed by atoms with Crippen LogP contribution >= 0.6 is 50.5 Å². The van der Waals surface area contributed by atoms with Crippen molar-refractivity contribution >= 4 is 72.7 Å². The molecule has 0 radical (unpaired) electrons. The fourth-order valence-electron chi connectivity index (χ4n) is 2.27. The van der Waals surface area contributed by atoms with Crippen LogP contribution < -0.4 is 5.56 Å². The zero-order valence-electron chi connectivity index (χ0n) is 15.6. The molecule has 0 spiro atoms. The van der Waals surface area contributed by atoms with E-state index in [-0.39, 0.29) is 5.56 Å². The van der Waals surface area contributed by atoms with Gasteiger partial charge in [0.1, 0.15) is 33.7 Å². The van der Waals surface area contributed by atoms with E-state index in [2.05, 4.69) is 53.7 Å². The van der Waals surface area contributed by atoms with Crippen molar-refractivity contribution < 1.29 is 13.4 Å². The molecule has 1 N–H and O–H groups in total. The van der Waals surface area contributed by atoms with Crippen molar-refractivity contribution in [2.45, 2.75) is 27.7 Å². The van der Waals surface area contributed by atoms with Gasteiger partial charge in [-0.25, -0.2) is 4.98 Å². The maximum atomic E-state index is 11.3. The molecule has 156 valence electrons. The van der Waals surface area contributed by atoms with Gasteiger partial charge in [0, 0.05) is 0 Å². The Morgan fingerprint density at radius 1 is 0.897 bits per heavy atom. The number of halogens is 4. The summed E-state index contributed by atoms with van der Waals surface area (Å²) < 4.78 is 20.0. The number of aromatic amines is 1. The third-order valence-electron chi connectivity index (χ3n) is 3.23. The van der Waals surface area contributed by atoms with Crippen LogP contribution in [0.1, 0.15) is 23.2 Å². The highest BCUT2D eigenvalue weighted by molar-refractivity contribution is 8.24. The van der Waals surface area contributed by atoms with Gasteiger partial charge in [0.15, 0.2) is 0 Å². The van der Waals surface area contributed by atoms with Gasteiger partial charge in [0.05, 0.1) is 5.39 Å². The minimum atomic E-state index is -3.22. The van der Waals surface area contributed by atoms with Gasteiger partial charge in [-0.3, -0.25) is 9.36 Å². The molecule has 0 aliphatic carbocycles. The molecule has 0 aliphatic rings. The molecule has 0 unspecified atom stereocenters. The summed E-state index contributed by atoms with van der Waals surface area (Å²) in [6.07, 6.45) is 0. The largest absolute Gasteiger partial charge is 0.443 e. The third-order valence-corrected chi connectivity index (χ3v) is 3.51. The maximum Gasteiger partial charge on any atom is 0.339 e. The van der Waals surface area contributed by atoms with Crippen molar-refractivity contribution in [3.05, 3.63) is 50.8 Å². The second-order valence-electron chi connectivity index (χ2n) is 5.76. The summed E-state index contributed by atoms with van der Waals surface area (Å²) in [5, 5.41) is -1.48. The zero-order valence-corrected chi connectivity index (χ0v) is 19.5. The van der Waals surface area contributed by atoms with Crippen LogP contribution in [0.15, 0.2) is 25.8 Å². The Morgan fingerprint density at radius 3 is 1.93 bits per heavy atom. The summed E-state index contributed by atoms with van der Waals surface area (Å²) in [4.78, 5) is 26.0.